The first-order chi connectivity index (χ1) is 7.09. The van der Waals surface area contributed by atoms with Crippen molar-refractivity contribution in [2.45, 2.75) is 24.5 Å². The molecular weight excluding hydrogens is 218 g/mol. The van der Waals surface area contributed by atoms with Gasteiger partial charge in [0, 0.05) is 6.04 Å². The molecule has 1 aliphatic carbocycles. The van der Waals surface area contributed by atoms with E-state index < -0.39 is 5.97 Å². The molecular formula is C8H11N3O3S. The number of thioether (sulfide) groups is 1. The molecule has 1 aromatic heterocycles. The Kier molecular flexibility index (Phi) is 2.56. The number of H-pyrrole nitrogens is 1. The van der Waals surface area contributed by atoms with Crippen LogP contribution in [0.4, 0.5) is 0 Å². The predicted molar refractivity (Wildman–Crippen MR) is 54.0 cm³/mol. The van der Waals surface area contributed by atoms with Gasteiger partial charge in [-0.25, -0.2) is 9.89 Å². The first kappa shape index (κ1) is 10.3. The highest BCUT2D eigenvalue weighted by atomic mass is 32.2. The van der Waals surface area contributed by atoms with E-state index >= 15 is 0 Å². The molecule has 6 nitrogen and oxygen atoms in total. The van der Waals surface area contributed by atoms with Gasteiger partial charge in [0.25, 0.3) is 0 Å². The smallest absolute Gasteiger partial charge is 0.344 e. The van der Waals surface area contributed by atoms with E-state index in [2.05, 4.69) is 17.1 Å². The number of carbonyl (C=O) groups is 1. The minimum Gasteiger partial charge on any atom is -0.481 e. The van der Waals surface area contributed by atoms with E-state index in [0.29, 0.717) is 11.1 Å². The minimum absolute atomic E-state index is 0.0780. The molecule has 1 aliphatic rings. The lowest BCUT2D eigenvalue weighted by Crippen LogP contribution is -2.17. The molecule has 1 fully saturated rings. The summed E-state index contributed by atoms with van der Waals surface area (Å²) in [5, 5.41) is 15.2. The number of nitrogens with one attached hydrogen (secondary N) is 1. The van der Waals surface area contributed by atoms with Crippen LogP contribution < -0.4 is 5.69 Å². The molecule has 2 atom stereocenters. The molecule has 1 heterocycles. The van der Waals surface area contributed by atoms with Crippen LogP contribution in [-0.2, 0) is 4.79 Å². The van der Waals surface area contributed by atoms with Crippen molar-refractivity contribution in [1.82, 2.24) is 14.8 Å². The van der Waals surface area contributed by atoms with Gasteiger partial charge >= 0.3 is 11.7 Å². The van der Waals surface area contributed by atoms with Crippen molar-refractivity contribution >= 4 is 17.7 Å². The Hall–Kier alpha value is -1.24. The number of aromatic nitrogens is 3. The molecule has 2 N–H and O–H groups in total. The Morgan fingerprint density at radius 2 is 2.47 bits per heavy atom. The fraction of sp³-hybridized carbons (Fsp3) is 0.625. The first-order valence-corrected chi connectivity index (χ1v) is 5.59. The van der Waals surface area contributed by atoms with E-state index in [0.717, 1.165) is 18.2 Å². The van der Waals surface area contributed by atoms with Crippen LogP contribution >= 0.6 is 11.8 Å². The lowest BCUT2D eigenvalue weighted by Gasteiger charge is -2.01. The van der Waals surface area contributed by atoms with Gasteiger partial charge in [-0.1, -0.05) is 18.7 Å². The number of rotatable bonds is 4. The zero-order valence-corrected chi connectivity index (χ0v) is 8.95. The third-order valence-electron chi connectivity index (χ3n) is 2.40. The van der Waals surface area contributed by atoms with Crippen LogP contribution in [0.5, 0.6) is 0 Å². The van der Waals surface area contributed by atoms with Crippen LogP contribution in [0.25, 0.3) is 0 Å². The maximum atomic E-state index is 11.4. The molecule has 15 heavy (non-hydrogen) atoms. The fourth-order valence-corrected chi connectivity index (χ4v) is 2.19. The van der Waals surface area contributed by atoms with Gasteiger partial charge in [0.2, 0.25) is 0 Å². The number of nitrogens with zero attached hydrogens (tertiary/aromatic N) is 2. The van der Waals surface area contributed by atoms with E-state index in [1.165, 1.54) is 0 Å². The predicted octanol–water partition coefficient (Wildman–Crippen LogP) is 0.329. The second kappa shape index (κ2) is 3.73. The van der Waals surface area contributed by atoms with Crippen molar-refractivity contribution in [3.63, 3.8) is 0 Å². The standard InChI is InChI=1S/C8H11N3O3S/c1-4-2-5(4)11-7(14)9-10-8(11)15-3-6(12)13/h4-5H,2-3H2,1H3,(H,9,14)(H,12,13). The van der Waals surface area contributed by atoms with Crippen molar-refractivity contribution in [3.8, 4) is 0 Å². The molecule has 2 unspecified atom stereocenters. The summed E-state index contributed by atoms with van der Waals surface area (Å²) < 4.78 is 1.55. The average Bonchev–Trinajstić information content (AvgIpc) is 2.74. The summed E-state index contributed by atoms with van der Waals surface area (Å²) in [5.41, 5.74) is -0.253. The lowest BCUT2D eigenvalue weighted by molar-refractivity contribution is -0.133. The molecule has 0 radical (unpaired) electrons. The summed E-state index contributed by atoms with van der Waals surface area (Å²) in [6, 6.07) is 0.188. The molecule has 7 heteroatoms. The average molecular weight is 229 g/mol. The van der Waals surface area contributed by atoms with E-state index in [9.17, 15) is 9.59 Å². The number of hydrogen-bond acceptors (Lipinski definition) is 4. The van der Waals surface area contributed by atoms with Gasteiger partial charge < -0.3 is 5.11 Å². The SMILES string of the molecule is CC1CC1n1c(SCC(=O)O)n[nH]c1=O. The third-order valence-corrected chi connectivity index (χ3v) is 3.33. The van der Waals surface area contributed by atoms with Crippen molar-refractivity contribution < 1.29 is 9.90 Å². The zero-order valence-electron chi connectivity index (χ0n) is 8.14. The normalized spacial score (nSPS) is 24.1. The Labute approximate surface area is 89.7 Å². The maximum absolute atomic E-state index is 11.4. The van der Waals surface area contributed by atoms with Crippen LogP contribution in [0.1, 0.15) is 19.4 Å². The van der Waals surface area contributed by atoms with Gasteiger partial charge in [0.05, 0.1) is 5.75 Å². The van der Waals surface area contributed by atoms with Crippen molar-refractivity contribution in [2.75, 3.05) is 5.75 Å². The lowest BCUT2D eigenvalue weighted by atomic mass is 10.5. The highest BCUT2D eigenvalue weighted by molar-refractivity contribution is 7.99. The molecule has 0 amide bonds. The fourth-order valence-electron chi connectivity index (χ4n) is 1.47. The number of hydrogen-bond donors (Lipinski definition) is 2. The molecule has 82 valence electrons. The van der Waals surface area contributed by atoms with Crippen molar-refractivity contribution in [3.05, 3.63) is 10.5 Å². The van der Waals surface area contributed by atoms with Gasteiger partial charge in [-0.3, -0.25) is 9.36 Å². The Balaban J connectivity index is 2.17. The molecule has 0 spiro atoms. The summed E-state index contributed by atoms with van der Waals surface area (Å²) in [5.74, 6) is -0.513. The Morgan fingerprint density at radius 3 is 3.00 bits per heavy atom. The molecule has 1 saturated carbocycles. The summed E-state index contributed by atoms with van der Waals surface area (Å²) in [7, 11) is 0. The van der Waals surface area contributed by atoms with Gasteiger partial charge in [-0.05, 0) is 12.3 Å². The van der Waals surface area contributed by atoms with Gasteiger partial charge in [0.1, 0.15) is 0 Å². The van der Waals surface area contributed by atoms with Gasteiger partial charge in [-0.2, -0.15) is 0 Å². The second-order valence-corrected chi connectivity index (χ2v) is 4.59. The Morgan fingerprint density at radius 1 is 1.80 bits per heavy atom. The van der Waals surface area contributed by atoms with Gasteiger partial charge in [-0.15, -0.1) is 5.10 Å². The van der Waals surface area contributed by atoms with Crippen molar-refractivity contribution in [2.24, 2.45) is 5.92 Å². The van der Waals surface area contributed by atoms with Crippen LogP contribution in [0.15, 0.2) is 9.95 Å². The Bertz CT molecular complexity index is 439. The summed E-state index contributed by atoms with van der Waals surface area (Å²) in [6.45, 7) is 2.05. The van der Waals surface area contributed by atoms with Crippen LogP contribution in [0.3, 0.4) is 0 Å². The number of aliphatic carboxylic acids is 1. The molecule has 0 saturated heterocycles. The van der Waals surface area contributed by atoms with E-state index in [1.807, 2.05) is 0 Å². The quantitative estimate of drug-likeness (QED) is 0.726. The summed E-state index contributed by atoms with van der Waals surface area (Å²) >= 11 is 1.07. The van der Waals surface area contributed by atoms with E-state index in [4.69, 9.17) is 5.11 Å². The summed E-state index contributed by atoms with van der Waals surface area (Å²) in [4.78, 5) is 21.8. The highest BCUT2D eigenvalue weighted by Crippen LogP contribution is 2.43. The largest absolute Gasteiger partial charge is 0.481 e. The third kappa shape index (κ3) is 2.06. The zero-order chi connectivity index (χ0) is 11.0. The first-order valence-electron chi connectivity index (χ1n) is 4.61. The number of aromatic amines is 1. The molecule has 0 aromatic carbocycles. The van der Waals surface area contributed by atoms with Crippen molar-refractivity contribution in [1.29, 1.82) is 0 Å². The van der Waals surface area contributed by atoms with Crippen LogP contribution in [0, 0.1) is 5.92 Å². The van der Waals surface area contributed by atoms with E-state index in [-0.39, 0.29) is 17.5 Å². The van der Waals surface area contributed by atoms with Crippen LogP contribution in [-0.4, -0.2) is 31.6 Å². The van der Waals surface area contributed by atoms with Crippen LogP contribution in [0.2, 0.25) is 0 Å². The molecule has 2 rings (SSSR count). The molecule has 0 aliphatic heterocycles. The molecule has 1 aromatic rings. The summed E-state index contributed by atoms with van der Waals surface area (Å²) in [6.07, 6.45) is 0.958. The maximum Gasteiger partial charge on any atom is 0.344 e. The molecule has 0 bridgehead atoms. The topological polar surface area (TPSA) is 88.0 Å². The number of carboxylic acid groups (broad SMARTS) is 1. The van der Waals surface area contributed by atoms with Gasteiger partial charge in [0.15, 0.2) is 5.16 Å². The van der Waals surface area contributed by atoms with E-state index in [1.54, 1.807) is 4.57 Å². The number of carboxylic acids is 1. The minimum atomic E-state index is -0.911. The monoisotopic (exact) mass is 229 g/mol. The second-order valence-electron chi connectivity index (χ2n) is 3.64. The highest BCUT2D eigenvalue weighted by Gasteiger charge is 2.37.